The average molecular weight is 436 g/mol. The molecule has 0 atom stereocenters. The molecule has 0 fully saturated rings. The number of aromatic amines is 1. The van der Waals surface area contributed by atoms with E-state index in [1.807, 2.05) is 6.07 Å². The van der Waals surface area contributed by atoms with Crippen LogP contribution in [0, 0.1) is 11.3 Å². The van der Waals surface area contributed by atoms with Crippen LogP contribution in [0.1, 0.15) is 30.5 Å². The van der Waals surface area contributed by atoms with Gasteiger partial charge in [-0.1, -0.05) is 19.9 Å². The van der Waals surface area contributed by atoms with Crippen LogP contribution >= 0.6 is 0 Å². The maximum Gasteiger partial charge on any atom is 0.219 e. The minimum Gasteiger partial charge on any atom is -0.368 e. The number of nitriles is 1. The number of imidazole rings is 1. The zero-order chi connectivity index (χ0) is 23.0. The normalized spacial score (nSPS) is 11.5. The number of hydrogen-bond acceptors (Lipinski definition) is 8. The summed E-state index contributed by atoms with van der Waals surface area (Å²) in [6.45, 7) is 4.34. The molecule has 1 aromatic carbocycles. The second-order valence-corrected chi connectivity index (χ2v) is 8.37. The van der Waals surface area contributed by atoms with Crippen LogP contribution in [0.3, 0.4) is 0 Å². The Kier molecular flexibility index (Phi) is 4.79. The summed E-state index contributed by atoms with van der Waals surface area (Å²) < 4.78 is 1.55. The summed E-state index contributed by atoms with van der Waals surface area (Å²) in [5.41, 5.74) is 10.4. The molecule has 0 aliphatic rings. The number of fused-ring (bicyclic) bond motifs is 1. The van der Waals surface area contributed by atoms with Crippen molar-refractivity contribution >= 4 is 17.0 Å². The van der Waals surface area contributed by atoms with Gasteiger partial charge in [-0.25, -0.2) is 29.6 Å². The zero-order valence-electron chi connectivity index (χ0n) is 18.1. The minimum atomic E-state index is -0.174. The molecule has 4 aromatic heterocycles. The van der Waals surface area contributed by atoms with Gasteiger partial charge in [0.05, 0.1) is 22.2 Å². The number of aromatic nitrogens is 8. The molecule has 4 heterocycles. The van der Waals surface area contributed by atoms with Crippen molar-refractivity contribution in [1.82, 2.24) is 39.7 Å². The number of benzene rings is 1. The molecule has 10 nitrogen and oxygen atoms in total. The van der Waals surface area contributed by atoms with Crippen molar-refractivity contribution < 1.29 is 0 Å². The Morgan fingerprint density at radius 2 is 1.94 bits per heavy atom. The molecule has 0 radical (unpaired) electrons. The van der Waals surface area contributed by atoms with E-state index in [9.17, 15) is 5.26 Å². The fraction of sp³-hybridized carbons (Fsp3) is 0.174. The van der Waals surface area contributed by atoms with E-state index in [1.165, 1.54) is 12.5 Å². The summed E-state index contributed by atoms with van der Waals surface area (Å²) in [7, 11) is 0. The van der Waals surface area contributed by atoms with E-state index >= 15 is 0 Å². The molecule has 0 unspecified atom stereocenters. The summed E-state index contributed by atoms with van der Waals surface area (Å²) in [6, 6.07) is 10.0. The molecular weight excluding hydrogens is 416 g/mol. The van der Waals surface area contributed by atoms with Crippen LogP contribution in [0.25, 0.3) is 28.2 Å². The minimum absolute atomic E-state index is 0.174. The summed E-state index contributed by atoms with van der Waals surface area (Å²) in [5.74, 6) is 1.40. The lowest BCUT2D eigenvalue weighted by atomic mass is 9.79. The smallest absolute Gasteiger partial charge is 0.219 e. The standard InChI is InChI=1S/C23H20N10/c1-23(2,7-15-10-28-22(25)29-11-15)16-3-4-18-19(6-16)32-20(31-18)17-5-14(8-24)9-27-21(17)33-13-26-12-30-33/h3-6,9-13H,7H2,1-2H3,(H,31,32)(H2,25,28,29). The molecular formula is C23H20N10. The predicted octanol–water partition coefficient (Wildman–Crippen LogP) is 2.97. The second kappa shape index (κ2) is 7.80. The number of nitrogen functional groups attached to an aromatic ring is 1. The Labute approximate surface area is 189 Å². The summed E-state index contributed by atoms with van der Waals surface area (Å²) in [6.07, 6.45) is 8.77. The van der Waals surface area contributed by atoms with Gasteiger partial charge in [0.1, 0.15) is 24.5 Å². The molecule has 0 aliphatic carbocycles. The highest BCUT2D eigenvalue weighted by molar-refractivity contribution is 5.82. The Balaban J connectivity index is 1.54. The fourth-order valence-electron chi connectivity index (χ4n) is 3.82. The van der Waals surface area contributed by atoms with E-state index in [4.69, 9.17) is 10.7 Å². The second-order valence-electron chi connectivity index (χ2n) is 8.37. The van der Waals surface area contributed by atoms with E-state index < -0.39 is 0 Å². The van der Waals surface area contributed by atoms with Gasteiger partial charge in [0, 0.05) is 18.6 Å². The third-order valence-corrected chi connectivity index (χ3v) is 5.52. The van der Waals surface area contributed by atoms with Crippen molar-refractivity contribution in [3.8, 4) is 23.3 Å². The van der Waals surface area contributed by atoms with Crippen molar-refractivity contribution in [2.75, 3.05) is 5.73 Å². The lowest BCUT2D eigenvalue weighted by Crippen LogP contribution is -2.20. The van der Waals surface area contributed by atoms with Gasteiger partial charge < -0.3 is 10.7 Å². The van der Waals surface area contributed by atoms with Crippen molar-refractivity contribution in [2.24, 2.45) is 0 Å². The number of H-pyrrole nitrogens is 1. The molecule has 0 saturated heterocycles. The number of nitrogens with zero attached hydrogens (tertiary/aromatic N) is 8. The van der Waals surface area contributed by atoms with Crippen molar-refractivity contribution in [2.45, 2.75) is 25.7 Å². The van der Waals surface area contributed by atoms with Crippen molar-refractivity contribution in [3.05, 3.63) is 72.2 Å². The van der Waals surface area contributed by atoms with E-state index in [2.05, 4.69) is 62.1 Å². The highest BCUT2D eigenvalue weighted by Crippen LogP contribution is 2.31. The Hall–Kier alpha value is -4.65. The van der Waals surface area contributed by atoms with Crippen LogP contribution < -0.4 is 5.73 Å². The lowest BCUT2D eigenvalue weighted by Gasteiger charge is -2.25. The first-order chi connectivity index (χ1) is 15.9. The van der Waals surface area contributed by atoms with E-state index in [-0.39, 0.29) is 11.4 Å². The van der Waals surface area contributed by atoms with Crippen LogP contribution in [0.2, 0.25) is 0 Å². The number of nitrogens with two attached hydrogens (primary N) is 1. The quantitative estimate of drug-likeness (QED) is 0.427. The predicted molar refractivity (Wildman–Crippen MR) is 122 cm³/mol. The van der Waals surface area contributed by atoms with Gasteiger partial charge in [-0.15, -0.1) is 0 Å². The van der Waals surface area contributed by atoms with Gasteiger partial charge in [-0.2, -0.15) is 10.4 Å². The van der Waals surface area contributed by atoms with Gasteiger partial charge in [-0.05, 0) is 41.2 Å². The van der Waals surface area contributed by atoms with Crippen LogP contribution in [0.15, 0.2) is 55.5 Å². The first kappa shape index (κ1) is 20.3. The van der Waals surface area contributed by atoms with Crippen molar-refractivity contribution in [3.63, 3.8) is 0 Å². The topological polar surface area (TPSA) is 148 Å². The molecule has 0 aliphatic heterocycles. The SMILES string of the molecule is CC(C)(Cc1cnc(N)nc1)c1ccc2nc(-c3cc(C#N)cnc3-n3cncn3)[nH]c2c1. The highest BCUT2D eigenvalue weighted by Gasteiger charge is 2.23. The molecule has 3 N–H and O–H groups in total. The van der Waals surface area contributed by atoms with E-state index in [0.29, 0.717) is 22.8 Å². The molecule has 0 saturated carbocycles. The lowest BCUT2D eigenvalue weighted by molar-refractivity contribution is 0.521. The average Bonchev–Trinajstić information content (AvgIpc) is 3.49. The first-order valence-electron chi connectivity index (χ1n) is 10.2. The van der Waals surface area contributed by atoms with E-state index in [1.54, 1.807) is 29.5 Å². The van der Waals surface area contributed by atoms with Gasteiger partial charge in [0.2, 0.25) is 5.95 Å². The third-order valence-electron chi connectivity index (χ3n) is 5.52. The monoisotopic (exact) mass is 436 g/mol. The molecule has 0 amide bonds. The Morgan fingerprint density at radius 3 is 2.67 bits per heavy atom. The molecule has 10 heteroatoms. The largest absolute Gasteiger partial charge is 0.368 e. The maximum absolute atomic E-state index is 9.36. The van der Waals surface area contributed by atoms with Gasteiger partial charge in [-0.3, -0.25) is 0 Å². The maximum atomic E-state index is 9.36. The van der Waals surface area contributed by atoms with Crippen LogP contribution in [-0.4, -0.2) is 39.7 Å². The number of rotatable bonds is 5. The summed E-state index contributed by atoms with van der Waals surface area (Å²) >= 11 is 0. The fourth-order valence-corrected chi connectivity index (χ4v) is 3.82. The third kappa shape index (κ3) is 3.87. The molecule has 0 bridgehead atoms. The molecule has 162 valence electrons. The first-order valence-corrected chi connectivity index (χ1v) is 10.2. The Bertz CT molecular complexity index is 1470. The highest BCUT2D eigenvalue weighted by atomic mass is 15.3. The van der Waals surface area contributed by atoms with Crippen molar-refractivity contribution in [1.29, 1.82) is 5.26 Å². The van der Waals surface area contributed by atoms with Crippen LogP contribution in [-0.2, 0) is 11.8 Å². The Morgan fingerprint density at radius 1 is 1.12 bits per heavy atom. The van der Waals surface area contributed by atoms with Gasteiger partial charge in [0.15, 0.2) is 5.82 Å². The van der Waals surface area contributed by atoms with Gasteiger partial charge >= 0.3 is 0 Å². The molecule has 5 aromatic rings. The molecule has 0 spiro atoms. The number of hydrogen-bond donors (Lipinski definition) is 2. The number of anilines is 1. The number of nitrogens with one attached hydrogen (secondary N) is 1. The summed E-state index contributed by atoms with van der Waals surface area (Å²) in [5, 5.41) is 13.5. The molecule has 5 rings (SSSR count). The molecule has 33 heavy (non-hydrogen) atoms. The van der Waals surface area contributed by atoms with Crippen LogP contribution in [0.4, 0.5) is 5.95 Å². The van der Waals surface area contributed by atoms with E-state index in [0.717, 1.165) is 28.6 Å². The number of pyridine rings is 1. The van der Waals surface area contributed by atoms with Crippen LogP contribution in [0.5, 0.6) is 0 Å². The summed E-state index contributed by atoms with van der Waals surface area (Å²) in [4.78, 5) is 24.7. The van der Waals surface area contributed by atoms with Gasteiger partial charge in [0.25, 0.3) is 0 Å². The zero-order valence-corrected chi connectivity index (χ0v) is 18.1.